The van der Waals surface area contributed by atoms with Gasteiger partial charge in [-0.05, 0) is 148 Å². The third-order valence-corrected chi connectivity index (χ3v) is 13.4. The second-order valence-corrected chi connectivity index (χ2v) is 21.2. The van der Waals surface area contributed by atoms with Gasteiger partial charge in [0.25, 0.3) is 0 Å². The lowest BCUT2D eigenvalue weighted by atomic mass is 10.0. The van der Waals surface area contributed by atoms with E-state index in [-0.39, 0.29) is 37.5 Å². The number of hydrogen-bond acceptors (Lipinski definition) is 6. The van der Waals surface area contributed by atoms with E-state index < -0.39 is 6.10 Å². The summed E-state index contributed by atoms with van der Waals surface area (Å²) in [6.45, 7) is 6.22. The molecule has 6 heteroatoms. The highest BCUT2D eigenvalue weighted by Gasteiger charge is 2.19. The van der Waals surface area contributed by atoms with Crippen molar-refractivity contribution in [3.63, 3.8) is 0 Å². The first kappa shape index (κ1) is 77.5. The summed E-state index contributed by atoms with van der Waals surface area (Å²) in [5, 5.41) is 0. The molecule has 6 nitrogen and oxygen atoms in total. The standard InChI is InChI=1S/C77H120O6/c1-4-7-10-13-16-19-22-25-28-31-32-33-34-35-36-37-38-39-40-41-42-43-44-47-49-52-55-58-61-64-67-70-76(79)82-73-74(83-77(80)71-68-65-62-59-56-53-50-46-30-27-24-21-18-15-12-9-6-3)72-81-75(78)69-66-63-60-57-54-51-48-45-29-26-23-20-17-14-11-8-5-2/h7-12,16-21,25-30,32-33,35-36,38-39,48,50-51,53,59,62,74H,4-6,13-15,22-24,31,34,37,40-47,49,52,54-58,60-61,63-73H2,1-3H3/b10-7-,11-8-,12-9-,19-16-,20-17-,21-18-,28-25-,29-26-,30-27-,33-32-,36-35-,39-38-,51-48-,53-50-,62-59-. The molecule has 0 aliphatic carbocycles. The van der Waals surface area contributed by atoms with Crippen LogP contribution in [0.4, 0.5) is 0 Å². The van der Waals surface area contributed by atoms with Crippen LogP contribution in [0.15, 0.2) is 182 Å². The number of esters is 3. The van der Waals surface area contributed by atoms with Gasteiger partial charge in [0, 0.05) is 19.3 Å². The van der Waals surface area contributed by atoms with Crippen LogP contribution in [0, 0.1) is 0 Å². The molecule has 0 aliphatic rings. The lowest BCUT2D eigenvalue weighted by molar-refractivity contribution is -0.167. The molecule has 0 radical (unpaired) electrons. The molecule has 0 aromatic rings. The predicted molar refractivity (Wildman–Crippen MR) is 361 cm³/mol. The first-order valence-corrected chi connectivity index (χ1v) is 33.3. The van der Waals surface area contributed by atoms with E-state index in [1.807, 2.05) is 0 Å². The quantitative estimate of drug-likeness (QED) is 0.0261. The van der Waals surface area contributed by atoms with Gasteiger partial charge in [0.05, 0.1) is 0 Å². The van der Waals surface area contributed by atoms with Crippen LogP contribution in [0.2, 0.25) is 0 Å². The largest absolute Gasteiger partial charge is 0.462 e. The molecule has 0 saturated carbocycles. The summed E-state index contributed by atoms with van der Waals surface area (Å²) in [5.41, 5.74) is 0. The molecule has 0 aromatic heterocycles. The lowest BCUT2D eigenvalue weighted by Gasteiger charge is -2.18. The van der Waals surface area contributed by atoms with Gasteiger partial charge < -0.3 is 14.2 Å². The van der Waals surface area contributed by atoms with E-state index in [1.54, 1.807) is 0 Å². The molecule has 0 heterocycles. The summed E-state index contributed by atoms with van der Waals surface area (Å²) in [6.07, 6.45) is 103. The van der Waals surface area contributed by atoms with Crippen molar-refractivity contribution in [2.24, 2.45) is 0 Å². The van der Waals surface area contributed by atoms with Gasteiger partial charge >= 0.3 is 17.9 Å². The number of rotatable bonds is 58. The van der Waals surface area contributed by atoms with Crippen molar-refractivity contribution >= 4 is 17.9 Å². The molecule has 0 spiro atoms. The number of carbonyl (C=O) groups is 3. The molecule has 0 rings (SSSR count). The average Bonchev–Trinajstić information content (AvgIpc) is 3.49. The van der Waals surface area contributed by atoms with Gasteiger partial charge in [-0.1, -0.05) is 280 Å². The molecule has 0 saturated heterocycles. The third-order valence-electron chi connectivity index (χ3n) is 13.4. The van der Waals surface area contributed by atoms with Crippen LogP contribution in [-0.2, 0) is 28.6 Å². The maximum Gasteiger partial charge on any atom is 0.306 e. The van der Waals surface area contributed by atoms with Crippen molar-refractivity contribution in [2.75, 3.05) is 13.2 Å². The topological polar surface area (TPSA) is 78.9 Å². The van der Waals surface area contributed by atoms with E-state index in [1.165, 1.54) is 64.2 Å². The Morgan fingerprint density at radius 1 is 0.241 bits per heavy atom. The van der Waals surface area contributed by atoms with E-state index in [9.17, 15) is 14.4 Å². The zero-order valence-electron chi connectivity index (χ0n) is 53.1. The molecule has 0 fully saturated rings. The van der Waals surface area contributed by atoms with Gasteiger partial charge in [0.1, 0.15) is 13.2 Å². The van der Waals surface area contributed by atoms with Crippen molar-refractivity contribution < 1.29 is 28.6 Å². The number of unbranched alkanes of at least 4 members (excludes halogenated alkanes) is 17. The van der Waals surface area contributed by atoms with Crippen molar-refractivity contribution in [1.82, 2.24) is 0 Å². The maximum absolute atomic E-state index is 12.9. The highest BCUT2D eigenvalue weighted by atomic mass is 16.6. The first-order chi connectivity index (χ1) is 41.0. The van der Waals surface area contributed by atoms with Gasteiger partial charge in [-0.25, -0.2) is 0 Å². The minimum absolute atomic E-state index is 0.118. The van der Waals surface area contributed by atoms with Gasteiger partial charge in [-0.15, -0.1) is 0 Å². The Balaban J connectivity index is 4.41. The van der Waals surface area contributed by atoms with Crippen LogP contribution in [0.5, 0.6) is 0 Å². The minimum atomic E-state index is -0.830. The molecule has 0 aromatic carbocycles. The summed E-state index contributed by atoms with van der Waals surface area (Å²) < 4.78 is 16.9. The van der Waals surface area contributed by atoms with Crippen LogP contribution >= 0.6 is 0 Å². The minimum Gasteiger partial charge on any atom is -0.462 e. The number of carbonyl (C=O) groups excluding carboxylic acids is 3. The summed E-state index contributed by atoms with van der Waals surface area (Å²) in [6, 6.07) is 0. The zero-order chi connectivity index (χ0) is 59.9. The third kappa shape index (κ3) is 67.2. The Morgan fingerprint density at radius 2 is 0.446 bits per heavy atom. The van der Waals surface area contributed by atoms with Crippen LogP contribution in [-0.4, -0.2) is 37.2 Å². The molecule has 1 unspecified atom stereocenters. The van der Waals surface area contributed by atoms with E-state index >= 15 is 0 Å². The van der Waals surface area contributed by atoms with E-state index in [4.69, 9.17) is 14.2 Å². The molecule has 83 heavy (non-hydrogen) atoms. The van der Waals surface area contributed by atoms with Crippen molar-refractivity contribution in [2.45, 2.75) is 271 Å². The number of ether oxygens (including phenoxy) is 3. The fourth-order valence-electron chi connectivity index (χ4n) is 8.53. The van der Waals surface area contributed by atoms with Gasteiger partial charge in [-0.3, -0.25) is 14.4 Å². The Bertz CT molecular complexity index is 1940. The Hall–Kier alpha value is -5.49. The first-order valence-electron chi connectivity index (χ1n) is 33.3. The van der Waals surface area contributed by atoms with Gasteiger partial charge in [0.15, 0.2) is 6.10 Å². The number of hydrogen-bond donors (Lipinski definition) is 0. The molecule has 0 N–H and O–H groups in total. The molecule has 0 aliphatic heterocycles. The van der Waals surface area contributed by atoms with Crippen LogP contribution < -0.4 is 0 Å². The van der Waals surface area contributed by atoms with Gasteiger partial charge in [0.2, 0.25) is 0 Å². The second kappa shape index (κ2) is 69.0. The summed E-state index contributed by atoms with van der Waals surface area (Å²) in [4.78, 5) is 38.4. The van der Waals surface area contributed by atoms with Crippen LogP contribution in [0.25, 0.3) is 0 Å². The van der Waals surface area contributed by atoms with Crippen molar-refractivity contribution in [3.8, 4) is 0 Å². The zero-order valence-corrected chi connectivity index (χ0v) is 53.1. The number of allylic oxidation sites excluding steroid dienone is 30. The van der Waals surface area contributed by atoms with Crippen molar-refractivity contribution in [1.29, 1.82) is 0 Å². The molecular formula is C77H120O6. The molecule has 1 atom stereocenters. The Morgan fingerprint density at radius 3 is 0.711 bits per heavy atom. The van der Waals surface area contributed by atoms with E-state index in [0.717, 1.165) is 154 Å². The fourth-order valence-corrected chi connectivity index (χ4v) is 8.53. The predicted octanol–water partition coefficient (Wildman–Crippen LogP) is 23.2. The summed E-state index contributed by atoms with van der Waals surface area (Å²) in [5.74, 6) is -1.01. The smallest absolute Gasteiger partial charge is 0.306 e. The Labute approximate surface area is 510 Å². The SMILES string of the molecule is CC/C=C\C/C=C\C/C=C\C/C=C\C/C=C\C/C=C\CCCCCCCCCCCCCCC(=O)OCC(COC(=O)CCCCCC/C=C\C/C=C\C/C=C\C/C=C\CC)OC(=O)CCC/C=C\C/C=C\C/C=C\C/C=C\C/C=C\CC. The van der Waals surface area contributed by atoms with Crippen LogP contribution in [0.1, 0.15) is 265 Å². The highest BCUT2D eigenvalue weighted by molar-refractivity contribution is 5.71. The average molecular weight is 1140 g/mol. The van der Waals surface area contributed by atoms with E-state index in [0.29, 0.717) is 19.3 Å². The summed E-state index contributed by atoms with van der Waals surface area (Å²) >= 11 is 0. The van der Waals surface area contributed by atoms with Crippen molar-refractivity contribution in [3.05, 3.63) is 182 Å². The normalized spacial score (nSPS) is 13.3. The molecule has 0 bridgehead atoms. The molecule has 464 valence electrons. The van der Waals surface area contributed by atoms with E-state index in [2.05, 4.69) is 203 Å². The second-order valence-electron chi connectivity index (χ2n) is 21.2. The van der Waals surface area contributed by atoms with Crippen LogP contribution in [0.3, 0.4) is 0 Å². The van der Waals surface area contributed by atoms with Gasteiger partial charge in [-0.2, -0.15) is 0 Å². The summed E-state index contributed by atoms with van der Waals surface area (Å²) in [7, 11) is 0. The fraction of sp³-hybridized carbons (Fsp3) is 0.571. The lowest BCUT2D eigenvalue weighted by Crippen LogP contribution is -2.30. The maximum atomic E-state index is 12.9. The highest BCUT2D eigenvalue weighted by Crippen LogP contribution is 2.15. The molecule has 0 amide bonds. The monoisotopic (exact) mass is 1140 g/mol. The Kier molecular flexibility index (Phi) is 64.4. The molecular weight excluding hydrogens is 1020 g/mol.